The largest absolute Gasteiger partial charge is 0.508 e. The highest BCUT2D eigenvalue weighted by Gasteiger charge is 2.14. The number of H-pyrrole nitrogens is 1. The molecule has 0 aliphatic carbocycles. The lowest BCUT2D eigenvalue weighted by Crippen LogP contribution is -2.25. The van der Waals surface area contributed by atoms with Crippen molar-refractivity contribution in [2.45, 2.75) is 11.3 Å². The fourth-order valence-electron chi connectivity index (χ4n) is 2.39. The molecule has 0 saturated carbocycles. The molecule has 0 aliphatic rings. The first-order chi connectivity index (χ1) is 11.0. The lowest BCUT2D eigenvalue weighted by molar-refractivity contribution is 0.476. The number of aromatic amines is 1. The first-order valence-corrected chi connectivity index (χ1v) is 8.48. The van der Waals surface area contributed by atoms with E-state index in [-0.39, 0.29) is 17.2 Å². The summed E-state index contributed by atoms with van der Waals surface area (Å²) in [5, 5.41) is 10.4. The van der Waals surface area contributed by atoms with E-state index in [0.717, 1.165) is 28.6 Å². The van der Waals surface area contributed by atoms with Crippen molar-refractivity contribution in [3.8, 4) is 5.75 Å². The molecule has 7 heteroatoms. The number of aromatic hydroxyl groups is 1. The number of halogens is 1. The van der Waals surface area contributed by atoms with Gasteiger partial charge in [0, 0.05) is 23.6 Å². The molecule has 3 N–H and O–H groups in total. The maximum atomic E-state index is 12.9. The summed E-state index contributed by atoms with van der Waals surface area (Å²) >= 11 is 0. The number of phenolic OH excluding ortho intramolecular Hbond substituents is 1. The van der Waals surface area contributed by atoms with E-state index in [4.69, 9.17) is 0 Å². The van der Waals surface area contributed by atoms with Gasteiger partial charge < -0.3 is 10.1 Å². The topological polar surface area (TPSA) is 82.2 Å². The SMILES string of the molecule is O=S(=O)(NCCc1c[nH]c2ccc(O)cc12)c1ccc(F)cc1. The number of aromatic nitrogens is 1. The molecule has 5 nitrogen and oxygen atoms in total. The third kappa shape index (κ3) is 3.35. The Bertz CT molecular complexity index is 934. The van der Waals surface area contributed by atoms with Gasteiger partial charge in [0.15, 0.2) is 0 Å². The van der Waals surface area contributed by atoms with Gasteiger partial charge in [0.25, 0.3) is 0 Å². The van der Waals surface area contributed by atoms with E-state index in [0.29, 0.717) is 6.42 Å². The van der Waals surface area contributed by atoms with E-state index < -0.39 is 15.8 Å². The summed E-state index contributed by atoms with van der Waals surface area (Å²) in [6.45, 7) is 0.197. The van der Waals surface area contributed by atoms with Crippen molar-refractivity contribution in [1.82, 2.24) is 9.71 Å². The Morgan fingerprint density at radius 2 is 1.87 bits per heavy atom. The van der Waals surface area contributed by atoms with Crippen LogP contribution in [0.2, 0.25) is 0 Å². The molecule has 0 aliphatic heterocycles. The third-order valence-corrected chi connectivity index (χ3v) is 5.04. The lowest BCUT2D eigenvalue weighted by atomic mass is 10.1. The van der Waals surface area contributed by atoms with Gasteiger partial charge in [-0.2, -0.15) is 0 Å². The number of hydrogen-bond acceptors (Lipinski definition) is 3. The molecular formula is C16H15FN2O3S. The molecule has 0 unspecified atom stereocenters. The maximum absolute atomic E-state index is 12.9. The van der Waals surface area contributed by atoms with E-state index in [1.54, 1.807) is 24.4 Å². The smallest absolute Gasteiger partial charge is 0.240 e. The zero-order chi connectivity index (χ0) is 16.4. The van der Waals surface area contributed by atoms with Crippen LogP contribution in [0, 0.1) is 5.82 Å². The molecule has 120 valence electrons. The van der Waals surface area contributed by atoms with Crippen LogP contribution >= 0.6 is 0 Å². The molecule has 23 heavy (non-hydrogen) atoms. The average Bonchev–Trinajstić information content (AvgIpc) is 2.90. The quantitative estimate of drug-likeness (QED) is 0.670. The van der Waals surface area contributed by atoms with Crippen molar-refractivity contribution in [1.29, 1.82) is 0 Å². The number of phenols is 1. The second kappa shape index (κ2) is 6.02. The van der Waals surface area contributed by atoms with Crippen molar-refractivity contribution in [2.24, 2.45) is 0 Å². The highest BCUT2D eigenvalue weighted by atomic mass is 32.2. The second-order valence-electron chi connectivity index (χ2n) is 5.15. The van der Waals surface area contributed by atoms with Gasteiger partial charge in [-0.25, -0.2) is 17.5 Å². The second-order valence-corrected chi connectivity index (χ2v) is 6.91. The van der Waals surface area contributed by atoms with Crippen LogP contribution in [0.4, 0.5) is 4.39 Å². The Kier molecular flexibility index (Phi) is 4.06. The summed E-state index contributed by atoms with van der Waals surface area (Å²) in [5.74, 6) is -0.326. The molecule has 0 atom stereocenters. The van der Waals surface area contributed by atoms with E-state index in [2.05, 4.69) is 9.71 Å². The fraction of sp³-hybridized carbons (Fsp3) is 0.125. The van der Waals surface area contributed by atoms with E-state index in [1.807, 2.05) is 0 Å². The summed E-state index contributed by atoms with van der Waals surface area (Å²) in [5.41, 5.74) is 1.77. The Balaban J connectivity index is 1.70. The van der Waals surface area contributed by atoms with Crippen LogP contribution in [0.3, 0.4) is 0 Å². The highest BCUT2D eigenvalue weighted by Crippen LogP contribution is 2.23. The van der Waals surface area contributed by atoms with Crippen LogP contribution in [0.25, 0.3) is 10.9 Å². The molecule has 3 aromatic rings. The Hall–Kier alpha value is -2.38. The van der Waals surface area contributed by atoms with Crippen LogP contribution in [0.1, 0.15) is 5.56 Å². The van der Waals surface area contributed by atoms with Crippen molar-refractivity contribution in [3.63, 3.8) is 0 Å². The fourth-order valence-corrected chi connectivity index (χ4v) is 3.42. The van der Waals surface area contributed by atoms with E-state index >= 15 is 0 Å². The van der Waals surface area contributed by atoms with Gasteiger partial charge in [0.05, 0.1) is 4.90 Å². The Morgan fingerprint density at radius 3 is 2.61 bits per heavy atom. The van der Waals surface area contributed by atoms with Crippen LogP contribution < -0.4 is 4.72 Å². The summed E-state index contributed by atoms with van der Waals surface area (Å²) in [6, 6.07) is 9.64. The van der Waals surface area contributed by atoms with Gasteiger partial charge in [0.2, 0.25) is 10.0 Å². The van der Waals surface area contributed by atoms with Crippen molar-refractivity contribution in [2.75, 3.05) is 6.54 Å². The monoisotopic (exact) mass is 334 g/mol. The minimum absolute atomic E-state index is 0.0236. The minimum atomic E-state index is -3.67. The molecule has 2 aromatic carbocycles. The predicted octanol–water partition coefficient (Wildman–Crippen LogP) is 2.53. The number of nitrogens with one attached hydrogen (secondary N) is 2. The molecule has 0 spiro atoms. The third-order valence-electron chi connectivity index (χ3n) is 3.56. The molecule has 0 radical (unpaired) electrons. The first kappa shape index (κ1) is 15.5. The standard InChI is InChI=1S/C16H15FN2O3S/c17-12-1-4-14(5-2-12)23(21,22)19-8-7-11-10-18-16-6-3-13(20)9-15(11)16/h1-6,9-10,18-20H,7-8H2. The van der Waals surface area contributed by atoms with Gasteiger partial charge in [-0.15, -0.1) is 0 Å². The summed E-state index contributed by atoms with van der Waals surface area (Å²) in [6.07, 6.45) is 2.25. The lowest BCUT2D eigenvalue weighted by Gasteiger charge is -2.06. The predicted molar refractivity (Wildman–Crippen MR) is 85.3 cm³/mol. The molecule has 1 heterocycles. The molecule has 1 aromatic heterocycles. The van der Waals surface area contributed by atoms with Crippen LogP contribution in [0.5, 0.6) is 5.75 Å². The van der Waals surface area contributed by atoms with Gasteiger partial charge in [-0.1, -0.05) is 0 Å². The van der Waals surface area contributed by atoms with E-state index in [1.165, 1.54) is 12.1 Å². The molecular weight excluding hydrogens is 319 g/mol. The molecule has 3 rings (SSSR count). The number of hydrogen-bond donors (Lipinski definition) is 3. The Labute approximate surface area is 132 Å². The van der Waals surface area contributed by atoms with Crippen LogP contribution in [-0.4, -0.2) is 25.1 Å². The van der Waals surface area contributed by atoms with Gasteiger partial charge in [0.1, 0.15) is 11.6 Å². The van der Waals surface area contributed by atoms with Crippen LogP contribution in [-0.2, 0) is 16.4 Å². The summed E-state index contributed by atoms with van der Waals surface area (Å²) in [4.78, 5) is 3.09. The van der Waals surface area contributed by atoms with Gasteiger partial charge in [-0.3, -0.25) is 0 Å². The molecule has 0 amide bonds. The number of benzene rings is 2. The zero-order valence-electron chi connectivity index (χ0n) is 12.1. The normalized spacial score (nSPS) is 11.9. The number of fused-ring (bicyclic) bond motifs is 1. The summed E-state index contributed by atoms with van der Waals surface area (Å²) < 4.78 is 39.6. The van der Waals surface area contributed by atoms with Crippen molar-refractivity contribution < 1.29 is 17.9 Å². The number of sulfonamides is 1. The van der Waals surface area contributed by atoms with Gasteiger partial charge in [-0.05, 0) is 54.4 Å². The minimum Gasteiger partial charge on any atom is -0.508 e. The van der Waals surface area contributed by atoms with Crippen LogP contribution in [0.15, 0.2) is 53.6 Å². The molecule has 0 bridgehead atoms. The van der Waals surface area contributed by atoms with Gasteiger partial charge >= 0.3 is 0 Å². The average molecular weight is 334 g/mol. The van der Waals surface area contributed by atoms with Crippen molar-refractivity contribution in [3.05, 3.63) is 60.0 Å². The van der Waals surface area contributed by atoms with Crippen molar-refractivity contribution >= 4 is 20.9 Å². The molecule has 0 fully saturated rings. The number of rotatable bonds is 5. The highest BCUT2D eigenvalue weighted by molar-refractivity contribution is 7.89. The molecule has 0 saturated heterocycles. The zero-order valence-corrected chi connectivity index (χ0v) is 12.9. The Morgan fingerprint density at radius 1 is 1.13 bits per heavy atom. The summed E-state index contributed by atoms with van der Waals surface area (Å²) in [7, 11) is -3.67. The first-order valence-electron chi connectivity index (χ1n) is 7.00. The van der Waals surface area contributed by atoms with E-state index in [9.17, 15) is 17.9 Å². The maximum Gasteiger partial charge on any atom is 0.240 e.